The maximum Gasteiger partial charge on any atom is 0.213 e. The van der Waals surface area contributed by atoms with Gasteiger partial charge in [-0.1, -0.05) is 30.3 Å². The second-order valence-electron chi connectivity index (χ2n) is 6.88. The number of hydrogen-bond acceptors (Lipinski definition) is 6. The molecule has 28 heavy (non-hydrogen) atoms. The van der Waals surface area contributed by atoms with Crippen molar-refractivity contribution in [2.75, 3.05) is 37.4 Å². The second-order valence-corrected chi connectivity index (χ2v) is 6.88. The Bertz CT molecular complexity index is 899. The maximum absolute atomic E-state index is 5.10. The minimum absolute atomic E-state index is 0.595. The first-order valence-electron chi connectivity index (χ1n) is 9.56. The number of nitrogens with zero attached hydrogens (tertiary/aromatic N) is 3. The second kappa shape index (κ2) is 8.71. The number of benzene rings is 1. The Labute approximate surface area is 165 Å². The van der Waals surface area contributed by atoms with Gasteiger partial charge >= 0.3 is 0 Å². The van der Waals surface area contributed by atoms with Gasteiger partial charge in [-0.25, -0.2) is 9.97 Å². The maximum atomic E-state index is 5.10. The minimum atomic E-state index is 0.595. The van der Waals surface area contributed by atoms with Gasteiger partial charge in [0.05, 0.1) is 19.0 Å². The molecule has 0 unspecified atom stereocenters. The van der Waals surface area contributed by atoms with E-state index >= 15 is 0 Å². The van der Waals surface area contributed by atoms with Gasteiger partial charge < -0.3 is 15.4 Å². The molecule has 0 atom stereocenters. The van der Waals surface area contributed by atoms with Crippen LogP contribution in [0.25, 0.3) is 0 Å². The minimum Gasteiger partial charge on any atom is -0.481 e. The number of pyridine rings is 2. The molecule has 6 nitrogen and oxygen atoms in total. The molecular weight excluding hydrogens is 350 g/mol. The third-order valence-electron chi connectivity index (χ3n) is 4.90. The van der Waals surface area contributed by atoms with Gasteiger partial charge in [0.25, 0.3) is 0 Å². The van der Waals surface area contributed by atoms with E-state index in [-0.39, 0.29) is 0 Å². The summed E-state index contributed by atoms with van der Waals surface area (Å²) in [5, 5.41) is 6.84. The van der Waals surface area contributed by atoms with E-state index in [1.807, 2.05) is 18.3 Å². The van der Waals surface area contributed by atoms with Gasteiger partial charge in [0, 0.05) is 55.8 Å². The zero-order valence-corrected chi connectivity index (χ0v) is 16.1. The van der Waals surface area contributed by atoms with Crippen LogP contribution in [0.3, 0.4) is 0 Å². The molecule has 1 aromatic carbocycles. The van der Waals surface area contributed by atoms with Crippen molar-refractivity contribution in [2.45, 2.75) is 13.0 Å². The summed E-state index contributed by atoms with van der Waals surface area (Å²) in [6, 6.07) is 16.5. The van der Waals surface area contributed by atoms with Crippen LogP contribution in [0.1, 0.15) is 11.1 Å². The number of fused-ring (bicyclic) bond motifs is 1. The molecule has 0 aliphatic carbocycles. The van der Waals surface area contributed by atoms with E-state index in [4.69, 9.17) is 4.74 Å². The number of methoxy groups -OCH3 is 1. The highest BCUT2D eigenvalue weighted by Gasteiger charge is 2.15. The third-order valence-corrected chi connectivity index (χ3v) is 4.90. The SMILES string of the molecule is COc1ccc(Nc2cc3c(cn2)CN(CCc2ccccc2)CCN3)cn1. The number of aromatic nitrogens is 2. The number of anilines is 3. The lowest BCUT2D eigenvalue weighted by molar-refractivity contribution is 0.284. The average Bonchev–Trinajstić information content (AvgIpc) is 2.95. The van der Waals surface area contributed by atoms with E-state index < -0.39 is 0 Å². The molecule has 0 radical (unpaired) electrons. The fourth-order valence-electron chi connectivity index (χ4n) is 3.36. The lowest BCUT2D eigenvalue weighted by Gasteiger charge is -2.19. The Balaban J connectivity index is 1.40. The van der Waals surface area contributed by atoms with E-state index in [1.54, 1.807) is 13.3 Å². The molecule has 0 saturated carbocycles. The molecule has 0 amide bonds. The number of ether oxygens (including phenoxy) is 1. The van der Waals surface area contributed by atoms with Crippen LogP contribution in [0.4, 0.5) is 17.2 Å². The van der Waals surface area contributed by atoms with Gasteiger partial charge in [0.2, 0.25) is 5.88 Å². The standard InChI is InChI=1S/C22H25N5O/c1-28-22-8-7-19(15-25-22)26-21-13-20-18(14-24-21)16-27(12-10-23-20)11-9-17-5-3-2-4-6-17/h2-8,13-15,23H,9-12,16H2,1H3,(H,24,26). The summed E-state index contributed by atoms with van der Waals surface area (Å²) >= 11 is 0. The fraction of sp³-hybridized carbons (Fsp3) is 0.273. The Hall–Kier alpha value is -3.12. The first-order chi connectivity index (χ1) is 13.8. The normalized spacial score (nSPS) is 13.9. The molecule has 4 rings (SSSR count). The quantitative estimate of drug-likeness (QED) is 0.685. The zero-order valence-electron chi connectivity index (χ0n) is 16.1. The van der Waals surface area contributed by atoms with Gasteiger partial charge in [-0.3, -0.25) is 4.90 Å². The Kier molecular flexibility index (Phi) is 5.68. The molecular formula is C22H25N5O. The van der Waals surface area contributed by atoms with E-state index in [0.717, 1.165) is 49.8 Å². The van der Waals surface area contributed by atoms with Crippen molar-refractivity contribution < 1.29 is 4.74 Å². The Morgan fingerprint density at radius 1 is 1.11 bits per heavy atom. The van der Waals surface area contributed by atoms with Crippen molar-refractivity contribution >= 4 is 17.2 Å². The Morgan fingerprint density at radius 2 is 2.00 bits per heavy atom. The van der Waals surface area contributed by atoms with E-state index in [0.29, 0.717) is 5.88 Å². The topological polar surface area (TPSA) is 62.3 Å². The number of hydrogen-bond donors (Lipinski definition) is 2. The van der Waals surface area contributed by atoms with Crippen molar-refractivity contribution in [3.63, 3.8) is 0 Å². The summed E-state index contributed by atoms with van der Waals surface area (Å²) in [4.78, 5) is 11.3. The predicted octanol–water partition coefficient (Wildman–Crippen LogP) is 3.70. The molecule has 144 valence electrons. The number of rotatable bonds is 6. The molecule has 0 fully saturated rings. The van der Waals surface area contributed by atoms with Gasteiger partial charge in [-0.15, -0.1) is 0 Å². The van der Waals surface area contributed by atoms with Crippen LogP contribution in [-0.4, -0.2) is 41.6 Å². The fourth-order valence-corrected chi connectivity index (χ4v) is 3.36. The first kappa shape index (κ1) is 18.3. The molecule has 3 heterocycles. The highest BCUT2D eigenvalue weighted by molar-refractivity contribution is 5.63. The average molecular weight is 375 g/mol. The van der Waals surface area contributed by atoms with Crippen molar-refractivity contribution in [1.29, 1.82) is 0 Å². The van der Waals surface area contributed by atoms with Gasteiger partial charge in [-0.2, -0.15) is 0 Å². The molecule has 1 aliphatic heterocycles. The van der Waals surface area contributed by atoms with Gasteiger partial charge in [0.1, 0.15) is 5.82 Å². The molecule has 2 N–H and O–H groups in total. The predicted molar refractivity (Wildman–Crippen MR) is 112 cm³/mol. The van der Waals surface area contributed by atoms with E-state index in [1.165, 1.54) is 11.1 Å². The highest BCUT2D eigenvalue weighted by atomic mass is 16.5. The van der Waals surface area contributed by atoms with Gasteiger partial charge in [-0.05, 0) is 18.1 Å². The molecule has 6 heteroatoms. The van der Waals surface area contributed by atoms with Gasteiger partial charge in [0.15, 0.2) is 0 Å². The van der Waals surface area contributed by atoms with Crippen molar-refractivity contribution in [3.05, 3.63) is 72.1 Å². The van der Waals surface area contributed by atoms with Crippen LogP contribution in [0.15, 0.2) is 60.9 Å². The van der Waals surface area contributed by atoms with Crippen LogP contribution < -0.4 is 15.4 Å². The lowest BCUT2D eigenvalue weighted by Crippen LogP contribution is -2.28. The van der Waals surface area contributed by atoms with Crippen LogP contribution in [0.2, 0.25) is 0 Å². The smallest absolute Gasteiger partial charge is 0.213 e. The van der Waals surface area contributed by atoms with Crippen molar-refractivity contribution in [3.8, 4) is 5.88 Å². The lowest BCUT2D eigenvalue weighted by atomic mass is 10.1. The highest BCUT2D eigenvalue weighted by Crippen LogP contribution is 2.24. The molecule has 0 spiro atoms. The summed E-state index contributed by atoms with van der Waals surface area (Å²) in [6.07, 6.45) is 4.76. The first-order valence-corrected chi connectivity index (χ1v) is 9.56. The summed E-state index contributed by atoms with van der Waals surface area (Å²) in [6.45, 7) is 3.90. The molecule has 0 bridgehead atoms. The summed E-state index contributed by atoms with van der Waals surface area (Å²) < 4.78 is 5.10. The summed E-state index contributed by atoms with van der Waals surface area (Å²) in [5.74, 6) is 1.40. The van der Waals surface area contributed by atoms with Crippen LogP contribution >= 0.6 is 0 Å². The molecule has 1 aliphatic rings. The molecule has 0 saturated heterocycles. The van der Waals surface area contributed by atoms with Crippen molar-refractivity contribution in [1.82, 2.24) is 14.9 Å². The monoisotopic (exact) mass is 375 g/mol. The van der Waals surface area contributed by atoms with Crippen molar-refractivity contribution in [2.24, 2.45) is 0 Å². The van der Waals surface area contributed by atoms with E-state index in [9.17, 15) is 0 Å². The van der Waals surface area contributed by atoms with Crippen LogP contribution in [-0.2, 0) is 13.0 Å². The Morgan fingerprint density at radius 3 is 2.79 bits per heavy atom. The molecule has 3 aromatic rings. The zero-order chi connectivity index (χ0) is 19.2. The third kappa shape index (κ3) is 4.58. The molecule has 2 aromatic heterocycles. The summed E-state index contributed by atoms with van der Waals surface area (Å²) in [7, 11) is 1.61. The largest absolute Gasteiger partial charge is 0.481 e. The number of nitrogens with one attached hydrogen (secondary N) is 2. The van der Waals surface area contributed by atoms with Crippen LogP contribution in [0, 0.1) is 0 Å². The summed E-state index contributed by atoms with van der Waals surface area (Å²) in [5.41, 5.74) is 4.63. The van der Waals surface area contributed by atoms with E-state index in [2.05, 4.69) is 61.9 Å². The van der Waals surface area contributed by atoms with Crippen LogP contribution in [0.5, 0.6) is 5.88 Å².